The highest BCUT2D eigenvalue weighted by Gasteiger charge is 2.26. The number of carbonyl (C=O) groups is 1. The molecule has 7 nitrogen and oxygen atoms in total. The van der Waals surface area contributed by atoms with Gasteiger partial charge >= 0.3 is 0 Å². The molecule has 0 aromatic heterocycles. The van der Waals surface area contributed by atoms with Crippen LogP contribution in [0, 0.1) is 0 Å². The van der Waals surface area contributed by atoms with Crippen molar-refractivity contribution in [3.8, 4) is 5.75 Å². The number of nitrogens with one attached hydrogen (secondary N) is 1. The highest BCUT2D eigenvalue weighted by atomic mass is 32.2. The summed E-state index contributed by atoms with van der Waals surface area (Å²) in [6.07, 6.45) is 1.64. The molecule has 148 valence electrons. The van der Waals surface area contributed by atoms with Crippen molar-refractivity contribution in [3.05, 3.63) is 66.7 Å². The molecule has 2 aromatic carbocycles. The number of sulfonamides is 1. The molecule has 0 aliphatic carbocycles. The van der Waals surface area contributed by atoms with Crippen molar-refractivity contribution in [1.29, 1.82) is 0 Å². The van der Waals surface area contributed by atoms with Gasteiger partial charge in [0, 0.05) is 24.3 Å². The van der Waals surface area contributed by atoms with E-state index in [4.69, 9.17) is 9.47 Å². The van der Waals surface area contributed by atoms with Crippen LogP contribution >= 0.6 is 0 Å². The third-order valence-electron chi connectivity index (χ3n) is 4.20. The smallest absolute Gasteiger partial charge is 0.255 e. The molecule has 0 atom stereocenters. The van der Waals surface area contributed by atoms with Crippen LogP contribution in [-0.4, -0.2) is 51.5 Å². The Morgan fingerprint density at radius 2 is 1.75 bits per heavy atom. The van der Waals surface area contributed by atoms with Crippen molar-refractivity contribution >= 4 is 21.6 Å². The van der Waals surface area contributed by atoms with E-state index in [1.807, 2.05) is 0 Å². The van der Waals surface area contributed by atoms with Crippen LogP contribution in [0.15, 0.2) is 66.1 Å². The monoisotopic (exact) mass is 402 g/mol. The molecule has 1 fully saturated rings. The van der Waals surface area contributed by atoms with Gasteiger partial charge in [-0.1, -0.05) is 12.7 Å². The second kappa shape index (κ2) is 9.01. The summed E-state index contributed by atoms with van der Waals surface area (Å²) in [7, 11) is -3.55. The van der Waals surface area contributed by atoms with Crippen LogP contribution in [-0.2, 0) is 14.8 Å². The molecule has 0 saturated carbocycles. The molecule has 0 unspecified atom stereocenters. The van der Waals surface area contributed by atoms with Crippen molar-refractivity contribution < 1.29 is 22.7 Å². The first-order valence-corrected chi connectivity index (χ1v) is 10.3. The fourth-order valence-corrected chi connectivity index (χ4v) is 4.12. The zero-order valence-electron chi connectivity index (χ0n) is 15.3. The van der Waals surface area contributed by atoms with E-state index in [1.54, 1.807) is 42.5 Å². The van der Waals surface area contributed by atoms with Crippen molar-refractivity contribution in [3.63, 3.8) is 0 Å². The average Bonchev–Trinajstić information content (AvgIpc) is 2.73. The van der Waals surface area contributed by atoms with Gasteiger partial charge in [0.2, 0.25) is 10.0 Å². The first kappa shape index (κ1) is 20.1. The largest absolute Gasteiger partial charge is 0.490 e. The Balaban J connectivity index is 1.65. The minimum absolute atomic E-state index is 0.191. The molecule has 0 bridgehead atoms. The number of anilines is 1. The van der Waals surface area contributed by atoms with Crippen LogP contribution in [0.5, 0.6) is 5.75 Å². The summed E-state index contributed by atoms with van der Waals surface area (Å²) in [5, 5.41) is 2.75. The Morgan fingerprint density at radius 1 is 1.11 bits per heavy atom. The lowest BCUT2D eigenvalue weighted by atomic mass is 10.2. The first-order chi connectivity index (χ1) is 13.5. The molecule has 0 spiro atoms. The van der Waals surface area contributed by atoms with E-state index in [1.165, 1.54) is 16.4 Å². The van der Waals surface area contributed by atoms with Crippen LogP contribution in [0.4, 0.5) is 5.69 Å². The lowest BCUT2D eigenvalue weighted by Crippen LogP contribution is -2.40. The molecule has 3 rings (SSSR count). The second-order valence-corrected chi connectivity index (χ2v) is 8.06. The van der Waals surface area contributed by atoms with Gasteiger partial charge in [0.1, 0.15) is 12.4 Å². The highest BCUT2D eigenvalue weighted by molar-refractivity contribution is 7.89. The fourth-order valence-electron chi connectivity index (χ4n) is 2.71. The SMILES string of the molecule is C=CCOc1ccc(C(=O)Nc2ccc(S(=O)(=O)N3CCOCC3)cc2)cc1. The Hall–Kier alpha value is -2.68. The van der Waals surface area contributed by atoms with E-state index in [-0.39, 0.29) is 10.8 Å². The fraction of sp³-hybridized carbons (Fsp3) is 0.250. The third kappa shape index (κ3) is 4.78. The number of amides is 1. The first-order valence-electron chi connectivity index (χ1n) is 8.84. The molecular formula is C20H22N2O5S. The maximum atomic E-state index is 12.6. The molecular weight excluding hydrogens is 380 g/mol. The summed E-state index contributed by atoms with van der Waals surface area (Å²) >= 11 is 0. The Morgan fingerprint density at radius 3 is 2.36 bits per heavy atom. The molecule has 1 heterocycles. The lowest BCUT2D eigenvalue weighted by Gasteiger charge is -2.26. The molecule has 0 radical (unpaired) electrons. The number of hydrogen-bond acceptors (Lipinski definition) is 5. The molecule has 1 N–H and O–H groups in total. The van der Waals surface area contributed by atoms with Crippen molar-refractivity contribution in [2.75, 3.05) is 38.2 Å². The summed E-state index contributed by atoms with van der Waals surface area (Å²) in [4.78, 5) is 12.6. The number of benzene rings is 2. The van der Waals surface area contributed by atoms with Gasteiger partial charge in [0.15, 0.2) is 0 Å². The van der Waals surface area contributed by atoms with Crippen LogP contribution in [0.2, 0.25) is 0 Å². The molecule has 8 heteroatoms. The van der Waals surface area contributed by atoms with E-state index < -0.39 is 10.0 Å². The van der Waals surface area contributed by atoms with Gasteiger partial charge < -0.3 is 14.8 Å². The maximum absolute atomic E-state index is 12.6. The average molecular weight is 402 g/mol. The number of hydrogen-bond donors (Lipinski definition) is 1. The standard InChI is InChI=1S/C20H22N2O5S/c1-2-13-27-18-7-3-16(4-8-18)20(23)21-17-5-9-19(10-6-17)28(24,25)22-11-14-26-15-12-22/h2-10H,1,11-15H2,(H,21,23). The van der Waals surface area contributed by atoms with Gasteiger partial charge in [-0.2, -0.15) is 4.31 Å². The number of rotatable bonds is 7. The molecule has 1 amide bonds. The number of nitrogens with zero attached hydrogens (tertiary/aromatic N) is 1. The second-order valence-electron chi connectivity index (χ2n) is 6.12. The molecule has 1 aliphatic rings. The van der Waals surface area contributed by atoms with E-state index in [0.29, 0.717) is 49.9 Å². The molecule has 28 heavy (non-hydrogen) atoms. The normalized spacial score (nSPS) is 15.0. The van der Waals surface area contributed by atoms with E-state index >= 15 is 0 Å². The molecule has 1 saturated heterocycles. The van der Waals surface area contributed by atoms with Gasteiger partial charge in [-0.3, -0.25) is 4.79 Å². The van der Waals surface area contributed by atoms with Crippen molar-refractivity contribution in [1.82, 2.24) is 4.31 Å². The quantitative estimate of drug-likeness (QED) is 0.720. The van der Waals surface area contributed by atoms with Gasteiger partial charge in [0.05, 0.1) is 18.1 Å². The lowest BCUT2D eigenvalue weighted by molar-refractivity contribution is 0.0730. The van der Waals surface area contributed by atoms with Gasteiger partial charge in [-0.25, -0.2) is 8.42 Å². The summed E-state index contributed by atoms with van der Waals surface area (Å²) in [6.45, 7) is 5.44. The Bertz CT molecular complexity index is 918. The number of ether oxygens (including phenoxy) is 2. The predicted octanol–water partition coefficient (Wildman–Crippen LogP) is 2.52. The van der Waals surface area contributed by atoms with E-state index in [9.17, 15) is 13.2 Å². The van der Waals surface area contributed by atoms with Crippen LogP contribution in [0.3, 0.4) is 0 Å². The van der Waals surface area contributed by atoms with E-state index in [2.05, 4.69) is 11.9 Å². The van der Waals surface area contributed by atoms with Gasteiger partial charge in [-0.05, 0) is 48.5 Å². The van der Waals surface area contributed by atoms with Gasteiger partial charge in [-0.15, -0.1) is 0 Å². The van der Waals surface area contributed by atoms with Crippen LogP contribution in [0.25, 0.3) is 0 Å². The van der Waals surface area contributed by atoms with Crippen LogP contribution < -0.4 is 10.1 Å². The van der Waals surface area contributed by atoms with Crippen molar-refractivity contribution in [2.24, 2.45) is 0 Å². The van der Waals surface area contributed by atoms with Crippen molar-refractivity contribution in [2.45, 2.75) is 4.90 Å². The third-order valence-corrected chi connectivity index (χ3v) is 6.12. The summed E-state index contributed by atoms with van der Waals surface area (Å²) in [6, 6.07) is 12.9. The summed E-state index contributed by atoms with van der Waals surface area (Å²) in [5.74, 6) is 0.355. The minimum atomic E-state index is -3.55. The minimum Gasteiger partial charge on any atom is -0.490 e. The summed E-state index contributed by atoms with van der Waals surface area (Å²) in [5.41, 5.74) is 0.980. The zero-order valence-corrected chi connectivity index (χ0v) is 16.2. The Kier molecular flexibility index (Phi) is 6.45. The topological polar surface area (TPSA) is 84.9 Å². The number of carbonyl (C=O) groups excluding carboxylic acids is 1. The van der Waals surface area contributed by atoms with Crippen LogP contribution in [0.1, 0.15) is 10.4 Å². The summed E-state index contributed by atoms with van der Waals surface area (Å²) < 4.78 is 37.2. The molecule has 2 aromatic rings. The maximum Gasteiger partial charge on any atom is 0.255 e. The van der Waals surface area contributed by atoms with Gasteiger partial charge in [0.25, 0.3) is 5.91 Å². The zero-order chi connectivity index (χ0) is 20.0. The highest BCUT2D eigenvalue weighted by Crippen LogP contribution is 2.20. The molecule has 1 aliphatic heterocycles. The Labute approximate surface area is 164 Å². The number of morpholine rings is 1. The predicted molar refractivity (Wildman–Crippen MR) is 106 cm³/mol. The van der Waals surface area contributed by atoms with E-state index in [0.717, 1.165) is 0 Å².